The quantitative estimate of drug-likeness (QED) is 0.606. The average Bonchev–Trinajstić information content (AvgIpc) is 2.30. The molecule has 0 bridgehead atoms. The summed E-state index contributed by atoms with van der Waals surface area (Å²) >= 11 is 0. The third-order valence-corrected chi connectivity index (χ3v) is 2.49. The van der Waals surface area contributed by atoms with Crippen LogP contribution in [0.4, 0.5) is 0 Å². The predicted molar refractivity (Wildman–Crippen MR) is 66.5 cm³/mol. The number of likely N-dealkylation sites (N-methyl/N-ethyl adjacent to an activating group) is 1. The minimum Gasteiger partial charge on any atom is -0.380 e. The highest BCUT2D eigenvalue weighted by Crippen LogP contribution is 1.94. The molecule has 0 aliphatic rings. The fourth-order valence-electron chi connectivity index (χ4n) is 1.49. The number of hydrogen-bond acceptors (Lipinski definition) is 3. The molecule has 4 heteroatoms. The van der Waals surface area contributed by atoms with Crippen LogP contribution in [0.25, 0.3) is 0 Å². The van der Waals surface area contributed by atoms with E-state index in [0.717, 1.165) is 32.7 Å². The van der Waals surface area contributed by atoms with Gasteiger partial charge in [0.1, 0.15) is 0 Å². The Morgan fingerprint density at radius 1 is 1.25 bits per heavy atom. The molecule has 0 fully saturated rings. The SMILES string of the molecule is CCCOCCNC(C)C(=O)N(CC)CC. The zero-order valence-electron chi connectivity index (χ0n) is 11.1. The fraction of sp³-hybridized carbons (Fsp3) is 0.917. The van der Waals surface area contributed by atoms with Crippen molar-refractivity contribution in [2.75, 3.05) is 32.8 Å². The first-order valence-corrected chi connectivity index (χ1v) is 6.27. The molecule has 0 aliphatic heterocycles. The molecule has 0 spiro atoms. The number of carbonyl (C=O) groups excluding carboxylic acids is 1. The van der Waals surface area contributed by atoms with Crippen molar-refractivity contribution in [2.45, 2.75) is 40.2 Å². The van der Waals surface area contributed by atoms with Gasteiger partial charge in [-0.05, 0) is 27.2 Å². The van der Waals surface area contributed by atoms with Crippen molar-refractivity contribution in [3.8, 4) is 0 Å². The highest BCUT2D eigenvalue weighted by atomic mass is 16.5. The van der Waals surface area contributed by atoms with Gasteiger partial charge in [0, 0.05) is 26.2 Å². The number of ether oxygens (including phenoxy) is 1. The molecular weight excluding hydrogens is 204 g/mol. The second-order valence-corrected chi connectivity index (χ2v) is 3.80. The lowest BCUT2D eigenvalue weighted by atomic mass is 10.3. The molecular formula is C12H26N2O2. The van der Waals surface area contributed by atoms with Crippen molar-refractivity contribution < 1.29 is 9.53 Å². The second kappa shape index (κ2) is 9.60. The van der Waals surface area contributed by atoms with E-state index in [2.05, 4.69) is 12.2 Å². The highest BCUT2D eigenvalue weighted by Gasteiger charge is 2.16. The Kier molecular flexibility index (Phi) is 9.24. The second-order valence-electron chi connectivity index (χ2n) is 3.80. The van der Waals surface area contributed by atoms with Crippen LogP contribution in [-0.4, -0.2) is 49.7 Å². The Balaban J connectivity index is 3.70. The van der Waals surface area contributed by atoms with Crippen LogP contribution in [0.5, 0.6) is 0 Å². The zero-order chi connectivity index (χ0) is 12.4. The third-order valence-electron chi connectivity index (χ3n) is 2.49. The number of rotatable bonds is 9. The van der Waals surface area contributed by atoms with Crippen molar-refractivity contribution >= 4 is 5.91 Å². The fourth-order valence-corrected chi connectivity index (χ4v) is 1.49. The lowest BCUT2D eigenvalue weighted by Gasteiger charge is -2.23. The van der Waals surface area contributed by atoms with Crippen molar-refractivity contribution in [1.29, 1.82) is 0 Å². The van der Waals surface area contributed by atoms with E-state index >= 15 is 0 Å². The Morgan fingerprint density at radius 3 is 2.38 bits per heavy atom. The first-order chi connectivity index (χ1) is 7.67. The number of hydrogen-bond donors (Lipinski definition) is 1. The van der Waals surface area contributed by atoms with Gasteiger partial charge in [0.25, 0.3) is 0 Å². The first-order valence-electron chi connectivity index (χ1n) is 6.27. The van der Waals surface area contributed by atoms with Crippen LogP contribution in [0.3, 0.4) is 0 Å². The van der Waals surface area contributed by atoms with E-state index in [9.17, 15) is 4.79 Å². The number of amides is 1. The number of carbonyl (C=O) groups is 1. The van der Waals surface area contributed by atoms with Gasteiger partial charge in [0.05, 0.1) is 12.6 Å². The maximum absolute atomic E-state index is 11.8. The molecule has 0 aliphatic carbocycles. The van der Waals surface area contributed by atoms with Gasteiger partial charge in [-0.25, -0.2) is 0 Å². The number of nitrogens with one attached hydrogen (secondary N) is 1. The maximum Gasteiger partial charge on any atom is 0.239 e. The van der Waals surface area contributed by atoms with E-state index in [-0.39, 0.29) is 11.9 Å². The molecule has 0 saturated heterocycles. The van der Waals surface area contributed by atoms with Crippen LogP contribution in [0.15, 0.2) is 0 Å². The predicted octanol–water partition coefficient (Wildman–Crippen LogP) is 1.26. The van der Waals surface area contributed by atoms with Gasteiger partial charge in [0.2, 0.25) is 5.91 Å². The van der Waals surface area contributed by atoms with E-state index in [1.807, 2.05) is 25.7 Å². The van der Waals surface area contributed by atoms with Crippen LogP contribution < -0.4 is 5.32 Å². The summed E-state index contributed by atoms with van der Waals surface area (Å²) in [6, 6.07) is -0.120. The third kappa shape index (κ3) is 6.08. The molecule has 16 heavy (non-hydrogen) atoms. The first kappa shape index (κ1) is 15.4. The lowest BCUT2D eigenvalue weighted by Crippen LogP contribution is -2.45. The van der Waals surface area contributed by atoms with Gasteiger partial charge in [-0.3, -0.25) is 4.79 Å². The van der Waals surface area contributed by atoms with Gasteiger partial charge >= 0.3 is 0 Å². The van der Waals surface area contributed by atoms with E-state index < -0.39 is 0 Å². The Hall–Kier alpha value is -0.610. The van der Waals surface area contributed by atoms with Crippen LogP contribution in [0, 0.1) is 0 Å². The van der Waals surface area contributed by atoms with E-state index in [1.165, 1.54) is 0 Å². The molecule has 0 aromatic rings. The van der Waals surface area contributed by atoms with Crippen molar-refractivity contribution in [3.05, 3.63) is 0 Å². The molecule has 0 aromatic heterocycles. The van der Waals surface area contributed by atoms with Crippen molar-refractivity contribution in [3.63, 3.8) is 0 Å². The minimum atomic E-state index is -0.120. The molecule has 0 aromatic carbocycles. The summed E-state index contributed by atoms with van der Waals surface area (Å²) < 4.78 is 5.34. The van der Waals surface area contributed by atoms with E-state index in [4.69, 9.17) is 4.74 Å². The lowest BCUT2D eigenvalue weighted by molar-refractivity contribution is -0.132. The standard InChI is InChI=1S/C12H26N2O2/c1-5-9-16-10-8-13-11(4)12(15)14(6-2)7-3/h11,13H,5-10H2,1-4H3. The van der Waals surface area contributed by atoms with Gasteiger partial charge in [-0.2, -0.15) is 0 Å². The zero-order valence-corrected chi connectivity index (χ0v) is 11.1. The summed E-state index contributed by atoms with van der Waals surface area (Å²) in [6.45, 7) is 11.7. The van der Waals surface area contributed by atoms with Crippen LogP contribution in [0.2, 0.25) is 0 Å². The minimum absolute atomic E-state index is 0.120. The molecule has 0 radical (unpaired) electrons. The number of nitrogens with zero attached hydrogens (tertiary/aromatic N) is 1. The van der Waals surface area contributed by atoms with Crippen molar-refractivity contribution in [2.24, 2.45) is 0 Å². The smallest absolute Gasteiger partial charge is 0.239 e. The molecule has 1 unspecified atom stereocenters. The molecule has 1 N–H and O–H groups in total. The van der Waals surface area contributed by atoms with Crippen LogP contribution >= 0.6 is 0 Å². The van der Waals surface area contributed by atoms with Gasteiger partial charge in [-0.15, -0.1) is 0 Å². The normalized spacial score (nSPS) is 12.5. The topological polar surface area (TPSA) is 41.6 Å². The molecule has 0 saturated carbocycles. The highest BCUT2D eigenvalue weighted by molar-refractivity contribution is 5.81. The van der Waals surface area contributed by atoms with Crippen LogP contribution in [0.1, 0.15) is 34.1 Å². The molecule has 1 amide bonds. The Morgan fingerprint density at radius 2 is 1.88 bits per heavy atom. The summed E-state index contributed by atoms with van der Waals surface area (Å²) in [5.74, 6) is 0.167. The van der Waals surface area contributed by atoms with Gasteiger partial charge < -0.3 is 15.0 Å². The van der Waals surface area contributed by atoms with Crippen molar-refractivity contribution in [1.82, 2.24) is 10.2 Å². The van der Waals surface area contributed by atoms with Crippen LogP contribution in [-0.2, 0) is 9.53 Å². The molecule has 0 heterocycles. The molecule has 4 nitrogen and oxygen atoms in total. The van der Waals surface area contributed by atoms with E-state index in [1.54, 1.807) is 0 Å². The molecule has 96 valence electrons. The Labute approximate surface area is 99.3 Å². The Bertz CT molecular complexity index is 182. The van der Waals surface area contributed by atoms with E-state index in [0.29, 0.717) is 6.61 Å². The van der Waals surface area contributed by atoms with Gasteiger partial charge in [-0.1, -0.05) is 6.92 Å². The summed E-state index contributed by atoms with van der Waals surface area (Å²) in [4.78, 5) is 13.7. The molecule has 0 rings (SSSR count). The monoisotopic (exact) mass is 230 g/mol. The summed E-state index contributed by atoms with van der Waals surface area (Å²) in [6.07, 6.45) is 1.04. The summed E-state index contributed by atoms with van der Waals surface area (Å²) in [5, 5.41) is 3.17. The molecule has 1 atom stereocenters. The maximum atomic E-state index is 11.8. The largest absolute Gasteiger partial charge is 0.380 e. The van der Waals surface area contributed by atoms with Gasteiger partial charge in [0.15, 0.2) is 0 Å². The average molecular weight is 230 g/mol. The summed E-state index contributed by atoms with van der Waals surface area (Å²) in [5.41, 5.74) is 0. The summed E-state index contributed by atoms with van der Waals surface area (Å²) in [7, 11) is 0.